The van der Waals surface area contributed by atoms with Crippen LogP contribution in [0, 0.1) is 10.1 Å². The van der Waals surface area contributed by atoms with E-state index in [4.69, 9.17) is 25.8 Å². The van der Waals surface area contributed by atoms with Crippen molar-refractivity contribution in [2.45, 2.75) is 5.92 Å². The molecule has 0 saturated heterocycles. The van der Waals surface area contributed by atoms with Gasteiger partial charge >= 0.3 is 0 Å². The summed E-state index contributed by atoms with van der Waals surface area (Å²) >= 11 is 6.10. The Morgan fingerprint density at radius 1 is 0.970 bits per heavy atom. The van der Waals surface area contributed by atoms with Crippen LogP contribution in [-0.4, -0.2) is 37.8 Å². The third kappa shape index (κ3) is 4.32. The maximum Gasteiger partial charge on any atom is 0.214 e. The molecular weight excluding hydrogens is 444 g/mol. The fraction of sp³-hybridized carbons (Fsp3) is 0.200. The van der Waals surface area contributed by atoms with Crippen LogP contribution in [0.25, 0.3) is 22.2 Å². The molecule has 4 aromatic rings. The molecule has 1 aromatic heterocycles. The smallest absolute Gasteiger partial charge is 0.214 e. The molecule has 1 N–H and O–H groups in total. The summed E-state index contributed by atoms with van der Waals surface area (Å²) in [6, 6.07) is 18.7. The average Bonchev–Trinajstić information content (AvgIpc) is 3.21. The lowest BCUT2D eigenvalue weighted by atomic mass is 9.87. The Morgan fingerprint density at radius 3 is 2.18 bits per heavy atom. The van der Waals surface area contributed by atoms with Crippen LogP contribution in [0.15, 0.2) is 60.7 Å². The maximum absolute atomic E-state index is 11.8. The van der Waals surface area contributed by atoms with Crippen LogP contribution < -0.4 is 14.2 Å². The van der Waals surface area contributed by atoms with Crippen LogP contribution in [0.5, 0.6) is 17.2 Å². The Labute approximate surface area is 196 Å². The lowest BCUT2D eigenvalue weighted by Gasteiger charge is -2.19. The number of methoxy groups -OCH3 is 3. The first kappa shape index (κ1) is 22.5. The topological polar surface area (TPSA) is 86.6 Å². The van der Waals surface area contributed by atoms with Crippen LogP contribution in [0.4, 0.5) is 0 Å². The molecule has 0 fully saturated rings. The zero-order chi connectivity index (χ0) is 23.5. The number of rotatable bonds is 8. The number of fused-ring (bicyclic) bond motifs is 1. The highest BCUT2D eigenvalue weighted by Gasteiger charge is 2.29. The van der Waals surface area contributed by atoms with Crippen molar-refractivity contribution in [3.8, 4) is 28.5 Å². The van der Waals surface area contributed by atoms with Gasteiger partial charge in [-0.15, -0.1) is 0 Å². The van der Waals surface area contributed by atoms with E-state index in [1.165, 1.54) is 21.3 Å². The summed E-state index contributed by atoms with van der Waals surface area (Å²) in [4.78, 5) is 15.0. The maximum atomic E-state index is 11.8. The zero-order valence-electron chi connectivity index (χ0n) is 18.4. The Balaban J connectivity index is 2.01. The molecule has 0 aliphatic rings. The summed E-state index contributed by atoms with van der Waals surface area (Å²) in [6.45, 7) is -0.318. The summed E-state index contributed by atoms with van der Waals surface area (Å²) < 4.78 is 16.5. The van der Waals surface area contributed by atoms with Gasteiger partial charge < -0.3 is 19.2 Å². The minimum absolute atomic E-state index is 0.304. The third-order valence-corrected chi connectivity index (χ3v) is 5.90. The zero-order valence-corrected chi connectivity index (χ0v) is 19.2. The van der Waals surface area contributed by atoms with E-state index in [0.29, 0.717) is 27.8 Å². The highest BCUT2D eigenvalue weighted by Crippen LogP contribution is 2.44. The third-order valence-electron chi connectivity index (χ3n) is 5.65. The van der Waals surface area contributed by atoms with Gasteiger partial charge in [0.05, 0.1) is 32.9 Å². The molecule has 7 nitrogen and oxygen atoms in total. The number of H-pyrrole nitrogens is 1. The summed E-state index contributed by atoms with van der Waals surface area (Å²) in [5, 5.41) is 13.3. The predicted octanol–water partition coefficient (Wildman–Crippen LogP) is 5.92. The standard InChI is InChI=1S/C25H23ClN2O5/c1-31-21-12-16(13-22(32-2)25(21)33-3)19(14-28(29)30)23-18-6-4-5-7-20(18)27-24(23)15-8-10-17(26)11-9-15/h4-13,19,27H,14H2,1-3H3/t19-/m1/s1. The summed E-state index contributed by atoms with van der Waals surface area (Å²) in [7, 11) is 4.57. The number of benzene rings is 3. The van der Waals surface area contributed by atoms with E-state index < -0.39 is 5.92 Å². The first-order chi connectivity index (χ1) is 16.0. The van der Waals surface area contributed by atoms with Crippen molar-refractivity contribution in [1.82, 2.24) is 4.98 Å². The van der Waals surface area contributed by atoms with E-state index in [9.17, 15) is 10.1 Å². The fourth-order valence-electron chi connectivity index (χ4n) is 4.18. The van der Waals surface area contributed by atoms with Crippen LogP contribution in [0.1, 0.15) is 17.0 Å². The van der Waals surface area contributed by atoms with Gasteiger partial charge in [0.1, 0.15) is 0 Å². The van der Waals surface area contributed by atoms with E-state index in [1.807, 2.05) is 36.4 Å². The van der Waals surface area contributed by atoms with Gasteiger partial charge in [0.2, 0.25) is 12.3 Å². The van der Waals surface area contributed by atoms with E-state index in [1.54, 1.807) is 24.3 Å². The van der Waals surface area contributed by atoms with E-state index >= 15 is 0 Å². The molecule has 8 heteroatoms. The molecule has 0 aliphatic heterocycles. The first-order valence-corrected chi connectivity index (χ1v) is 10.6. The Kier molecular flexibility index (Phi) is 6.42. The van der Waals surface area contributed by atoms with E-state index in [2.05, 4.69) is 4.98 Å². The Bertz CT molecular complexity index is 1280. The van der Waals surface area contributed by atoms with Crippen LogP contribution in [0.2, 0.25) is 5.02 Å². The van der Waals surface area contributed by atoms with Crippen molar-refractivity contribution in [2.24, 2.45) is 0 Å². The highest BCUT2D eigenvalue weighted by atomic mass is 35.5. The lowest BCUT2D eigenvalue weighted by molar-refractivity contribution is -0.481. The molecule has 0 aliphatic carbocycles. The second kappa shape index (κ2) is 9.42. The number of halogens is 1. The second-order valence-corrected chi connectivity index (χ2v) is 7.93. The monoisotopic (exact) mass is 466 g/mol. The van der Waals surface area contributed by atoms with Crippen LogP contribution in [-0.2, 0) is 0 Å². The van der Waals surface area contributed by atoms with E-state index in [-0.39, 0.29) is 11.5 Å². The summed E-state index contributed by atoms with van der Waals surface area (Å²) in [5.41, 5.74) is 4.07. The van der Waals surface area contributed by atoms with Gasteiger partial charge in [0.25, 0.3) is 0 Å². The predicted molar refractivity (Wildman–Crippen MR) is 129 cm³/mol. The van der Waals surface area contributed by atoms with Crippen LogP contribution >= 0.6 is 11.6 Å². The number of ether oxygens (including phenoxy) is 3. The number of nitro groups is 1. The Hall–Kier alpha value is -3.71. The normalized spacial score (nSPS) is 11.9. The van der Waals surface area contributed by atoms with Crippen LogP contribution in [0.3, 0.4) is 0 Å². The molecule has 0 unspecified atom stereocenters. The number of nitrogens with one attached hydrogen (secondary N) is 1. The van der Waals surface area contributed by atoms with Gasteiger partial charge in [-0.25, -0.2) is 0 Å². The minimum atomic E-state index is -0.587. The van der Waals surface area contributed by atoms with Crippen molar-refractivity contribution in [1.29, 1.82) is 0 Å². The molecule has 170 valence electrons. The average molecular weight is 467 g/mol. The van der Waals surface area contributed by atoms with Crippen molar-refractivity contribution < 1.29 is 19.1 Å². The number of nitrogens with zero attached hydrogens (tertiary/aromatic N) is 1. The molecule has 0 bridgehead atoms. The quantitative estimate of drug-likeness (QED) is 0.257. The molecule has 1 atom stereocenters. The number of aromatic nitrogens is 1. The molecule has 0 amide bonds. The molecule has 0 spiro atoms. The molecule has 3 aromatic carbocycles. The molecule has 33 heavy (non-hydrogen) atoms. The van der Waals surface area contributed by atoms with Gasteiger partial charge in [-0.2, -0.15) is 0 Å². The van der Waals surface area contributed by atoms with Gasteiger partial charge in [0.15, 0.2) is 11.5 Å². The SMILES string of the molecule is COc1cc([C@@H](C[N+](=O)[O-])c2c(-c3ccc(Cl)cc3)[nH]c3ccccc23)cc(OC)c1OC. The molecule has 0 saturated carbocycles. The van der Waals surface area contributed by atoms with Crippen molar-refractivity contribution in [2.75, 3.05) is 27.9 Å². The van der Waals surface area contributed by atoms with Gasteiger partial charge in [-0.1, -0.05) is 41.9 Å². The minimum Gasteiger partial charge on any atom is -0.493 e. The van der Waals surface area contributed by atoms with Gasteiger partial charge in [-0.3, -0.25) is 10.1 Å². The number of hydrogen-bond donors (Lipinski definition) is 1. The molecule has 0 radical (unpaired) electrons. The van der Waals surface area contributed by atoms with E-state index in [0.717, 1.165) is 27.7 Å². The van der Waals surface area contributed by atoms with Crippen molar-refractivity contribution in [3.63, 3.8) is 0 Å². The largest absolute Gasteiger partial charge is 0.493 e. The van der Waals surface area contributed by atoms with Gasteiger partial charge in [0, 0.05) is 20.8 Å². The molecule has 4 rings (SSSR count). The number of para-hydroxylation sites is 1. The lowest BCUT2D eigenvalue weighted by Crippen LogP contribution is -2.15. The first-order valence-electron chi connectivity index (χ1n) is 10.2. The molecule has 1 heterocycles. The van der Waals surface area contributed by atoms with Gasteiger partial charge in [-0.05, 0) is 47.0 Å². The summed E-state index contributed by atoms with van der Waals surface area (Å²) in [6.07, 6.45) is 0. The summed E-state index contributed by atoms with van der Waals surface area (Å²) in [5.74, 6) is 0.720. The van der Waals surface area contributed by atoms with Crippen molar-refractivity contribution >= 4 is 22.5 Å². The number of hydrogen-bond acceptors (Lipinski definition) is 5. The van der Waals surface area contributed by atoms with Crippen molar-refractivity contribution in [3.05, 3.63) is 86.9 Å². The fourth-order valence-corrected chi connectivity index (χ4v) is 4.31. The Morgan fingerprint density at radius 2 is 1.61 bits per heavy atom. The number of aromatic amines is 1. The molecular formula is C25H23ClN2O5. The second-order valence-electron chi connectivity index (χ2n) is 7.49. The highest BCUT2D eigenvalue weighted by molar-refractivity contribution is 6.30.